The molecular formula is C12H10N4O3. The number of aromatic amines is 2. The van der Waals surface area contributed by atoms with Gasteiger partial charge >= 0.3 is 0 Å². The lowest BCUT2D eigenvalue weighted by Crippen LogP contribution is -2.18. The zero-order valence-electron chi connectivity index (χ0n) is 10.0. The van der Waals surface area contributed by atoms with Gasteiger partial charge in [-0.2, -0.15) is 5.10 Å². The van der Waals surface area contributed by atoms with Crippen LogP contribution in [0.25, 0.3) is 16.6 Å². The lowest BCUT2D eigenvalue weighted by atomic mass is 10.3. The highest BCUT2D eigenvalue weighted by Gasteiger charge is 2.09. The Morgan fingerprint density at radius 1 is 1.11 bits per heavy atom. The highest BCUT2D eigenvalue weighted by atomic mass is 16.5. The van der Waals surface area contributed by atoms with Gasteiger partial charge in [0.25, 0.3) is 11.1 Å². The maximum Gasteiger partial charge on any atom is 0.291 e. The van der Waals surface area contributed by atoms with Crippen LogP contribution in [0.2, 0.25) is 0 Å². The summed E-state index contributed by atoms with van der Waals surface area (Å²) in [5, 5.41) is 8.86. The Balaban J connectivity index is 2.20. The molecule has 3 rings (SSSR count). The largest absolute Gasteiger partial charge is 0.497 e. The molecule has 0 unspecified atom stereocenters. The molecule has 0 bridgehead atoms. The van der Waals surface area contributed by atoms with Gasteiger partial charge in [-0.25, -0.2) is 4.68 Å². The van der Waals surface area contributed by atoms with E-state index in [2.05, 4.69) is 15.3 Å². The molecule has 0 amide bonds. The number of ether oxygens (including phenoxy) is 1. The van der Waals surface area contributed by atoms with Crippen LogP contribution in [0, 0.1) is 0 Å². The van der Waals surface area contributed by atoms with Crippen molar-refractivity contribution in [2.45, 2.75) is 0 Å². The lowest BCUT2D eigenvalue weighted by Gasteiger charge is -2.02. The summed E-state index contributed by atoms with van der Waals surface area (Å²) in [6.07, 6.45) is 1.52. The number of H-pyrrole nitrogens is 2. The Hall–Kier alpha value is -2.83. The van der Waals surface area contributed by atoms with Gasteiger partial charge in [-0.05, 0) is 24.3 Å². The first-order valence-electron chi connectivity index (χ1n) is 5.54. The van der Waals surface area contributed by atoms with Crippen LogP contribution in [0.15, 0.2) is 40.1 Å². The van der Waals surface area contributed by atoms with E-state index in [0.717, 1.165) is 11.4 Å². The zero-order valence-corrected chi connectivity index (χ0v) is 10.0. The molecule has 0 fully saturated rings. The van der Waals surface area contributed by atoms with Crippen molar-refractivity contribution in [3.63, 3.8) is 0 Å². The normalized spacial score (nSPS) is 10.8. The second kappa shape index (κ2) is 4.13. The molecule has 0 atom stereocenters. The van der Waals surface area contributed by atoms with Gasteiger partial charge in [0, 0.05) is 6.20 Å². The summed E-state index contributed by atoms with van der Waals surface area (Å²) < 4.78 is 6.54. The molecule has 19 heavy (non-hydrogen) atoms. The predicted molar refractivity (Wildman–Crippen MR) is 68.9 cm³/mol. The molecule has 7 nitrogen and oxygen atoms in total. The van der Waals surface area contributed by atoms with Gasteiger partial charge < -0.3 is 4.74 Å². The van der Waals surface area contributed by atoms with Crippen LogP contribution in [-0.2, 0) is 0 Å². The third-order valence-corrected chi connectivity index (χ3v) is 2.80. The van der Waals surface area contributed by atoms with E-state index >= 15 is 0 Å². The van der Waals surface area contributed by atoms with E-state index in [4.69, 9.17) is 4.74 Å². The van der Waals surface area contributed by atoms with Gasteiger partial charge in [0.05, 0.1) is 18.2 Å². The van der Waals surface area contributed by atoms with E-state index in [0.29, 0.717) is 0 Å². The van der Waals surface area contributed by atoms with Gasteiger partial charge in [-0.1, -0.05) is 0 Å². The molecule has 96 valence electrons. The Morgan fingerprint density at radius 3 is 2.42 bits per heavy atom. The molecular weight excluding hydrogens is 248 g/mol. The minimum atomic E-state index is -0.429. The number of nitrogens with zero attached hydrogens (tertiary/aromatic N) is 2. The fourth-order valence-corrected chi connectivity index (χ4v) is 1.82. The topological polar surface area (TPSA) is 92.8 Å². The summed E-state index contributed by atoms with van der Waals surface area (Å²) in [5.74, 6) is 0.719. The molecule has 2 N–H and O–H groups in total. The second-order valence-corrected chi connectivity index (χ2v) is 3.94. The highest BCUT2D eigenvalue weighted by molar-refractivity contribution is 5.76. The molecule has 0 saturated carbocycles. The van der Waals surface area contributed by atoms with Crippen molar-refractivity contribution in [2.75, 3.05) is 7.11 Å². The molecule has 2 heterocycles. The molecule has 2 aromatic heterocycles. The minimum Gasteiger partial charge on any atom is -0.497 e. The van der Waals surface area contributed by atoms with Crippen LogP contribution < -0.4 is 15.9 Å². The quantitative estimate of drug-likeness (QED) is 0.696. The van der Waals surface area contributed by atoms with Crippen molar-refractivity contribution < 1.29 is 4.74 Å². The van der Waals surface area contributed by atoms with Crippen molar-refractivity contribution in [1.82, 2.24) is 20.0 Å². The Bertz CT molecular complexity index is 795. The molecule has 0 aliphatic heterocycles. The molecule has 7 heteroatoms. The lowest BCUT2D eigenvalue weighted by molar-refractivity contribution is 0.414. The molecule has 0 spiro atoms. The number of aromatic nitrogens is 4. The summed E-state index contributed by atoms with van der Waals surface area (Å²) in [7, 11) is 1.58. The van der Waals surface area contributed by atoms with Crippen LogP contribution in [0.1, 0.15) is 0 Å². The fraction of sp³-hybridized carbons (Fsp3) is 0.0833. The Labute approximate surface area is 106 Å². The zero-order chi connectivity index (χ0) is 13.4. The Morgan fingerprint density at radius 2 is 1.79 bits per heavy atom. The van der Waals surface area contributed by atoms with Crippen molar-refractivity contribution >= 4 is 10.9 Å². The number of benzene rings is 1. The number of hydrogen-bond donors (Lipinski definition) is 2. The van der Waals surface area contributed by atoms with Crippen LogP contribution in [0.4, 0.5) is 0 Å². The summed E-state index contributed by atoms with van der Waals surface area (Å²) >= 11 is 0. The first-order chi connectivity index (χ1) is 9.19. The molecule has 0 aliphatic rings. The SMILES string of the molecule is COc1ccc(-n2cc3c(=O)[nH][nH]c(=O)c3n2)cc1. The average molecular weight is 258 g/mol. The van der Waals surface area contributed by atoms with E-state index in [1.165, 1.54) is 10.9 Å². The smallest absolute Gasteiger partial charge is 0.291 e. The van der Waals surface area contributed by atoms with E-state index in [-0.39, 0.29) is 16.5 Å². The minimum absolute atomic E-state index is 0.111. The maximum absolute atomic E-state index is 11.6. The van der Waals surface area contributed by atoms with Gasteiger partial charge in [-0.3, -0.25) is 19.8 Å². The van der Waals surface area contributed by atoms with Gasteiger partial charge in [-0.15, -0.1) is 0 Å². The van der Waals surface area contributed by atoms with E-state index < -0.39 is 5.56 Å². The number of fused-ring (bicyclic) bond motifs is 1. The molecule has 1 aromatic carbocycles. The molecule has 3 aromatic rings. The first kappa shape index (κ1) is 11.3. The summed E-state index contributed by atoms with van der Waals surface area (Å²) in [6, 6.07) is 7.12. The highest BCUT2D eigenvalue weighted by Crippen LogP contribution is 2.15. The summed E-state index contributed by atoms with van der Waals surface area (Å²) in [6.45, 7) is 0. The van der Waals surface area contributed by atoms with Gasteiger partial charge in [0.1, 0.15) is 5.75 Å². The maximum atomic E-state index is 11.6. The first-order valence-corrected chi connectivity index (χ1v) is 5.54. The van der Waals surface area contributed by atoms with Crippen molar-refractivity contribution in [3.05, 3.63) is 51.2 Å². The summed E-state index contributed by atoms with van der Waals surface area (Å²) in [5.41, 5.74) is 0.0339. The fourth-order valence-electron chi connectivity index (χ4n) is 1.82. The van der Waals surface area contributed by atoms with Crippen LogP contribution in [0.5, 0.6) is 5.75 Å². The van der Waals surface area contributed by atoms with E-state index in [9.17, 15) is 9.59 Å². The summed E-state index contributed by atoms with van der Waals surface area (Å²) in [4.78, 5) is 23.1. The second-order valence-electron chi connectivity index (χ2n) is 3.94. The van der Waals surface area contributed by atoms with Crippen molar-refractivity contribution in [2.24, 2.45) is 0 Å². The Kier molecular flexibility index (Phi) is 2.45. The average Bonchev–Trinajstić information content (AvgIpc) is 2.89. The van der Waals surface area contributed by atoms with E-state index in [1.54, 1.807) is 31.4 Å². The third kappa shape index (κ3) is 1.81. The molecule has 0 aliphatic carbocycles. The van der Waals surface area contributed by atoms with Crippen molar-refractivity contribution in [1.29, 1.82) is 0 Å². The van der Waals surface area contributed by atoms with Gasteiger partial charge in [0.15, 0.2) is 5.52 Å². The third-order valence-electron chi connectivity index (χ3n) is 2.80. The van der Waals surface area contributed by atoms with Crippen LogP contribution in [0.3, 0.4) is 0 Å². The van der Waals surface area contributed by atoms with Crippen molar-refractivity contribution in [3.8, 4) is 11.4 Å². The number of hydrogen-bond acceptors (Lipinski definition) is 4. The van der Waals surface area contributed by atoms with Crippen LogP contribution >= 0.6 is 0 Å². The predicted octanol–water partition coefficient (Wildman–Crippen LogP) is 0.411. The number of rotatable bonds is 2. The molecule has 0 radical (unpaired) electrons. The number of methoxy groups -OCH3 is 1. The van der Waals surface area contributed by atoms with Crippen LogP contribution in [-0.4, -0.2) is 27.1 Å². The monoisotopic (exact) mass is 258 g/mol. The standard InChI is InChI=1S/C12H10N4O3/c1-19-8-4-2-7(3-5-8)16-6-9-10(15-16)12(18)14-13-11(9)17/h2-6H,1H3,(H,13,17)(H,14,18). The van der Waals surface area contributed by atoms with E-state index in [1.807, 2.05) is 0 Å². The molecule has 0 saturated heterocycles. The van der Waals surface area contributed by atoms with Gasteiger partial charge in [0.2, 0.25) is 0 Å². The number of nitrogens with one attached hydrogen (secondary N) is 2.